The highest BCUT2D eigenvalue weighted by molar-refractivity contribution is 6.04. The lowest BCUT2D eigenvalue weighted by Gasteiger charge is -2.13. The summed E-state index contributed by atoms with van der Waals surface area (Å²) >= 11 is 0. The molecule has 3 amide bonds. The third-order valence-electron chi connectivity index (χ3n) is 3.05. The summed E-state index contributed by atoms with van der Waals surface area (Å²) < 4.78 is 0. The van der Waals surface area contributed by atoms with Crippen LogP contribution in [0.2, 0.25) is 0 Å². The fourth-order valence-electron chi connectivity index (χ4n) is 2.12. The van der Waals surface area contributed by atoms with E-state index in [1.807, 2.05) is 0 Å². The van der Waals surface area contributed by atoms with Gasteiger partial charge >= 0.3 is 6.03 Å². The normalized spacial score (nSPS) is 20.2. The van der Waals surface area contributed by atoms with Crippen LogP contribution in [0.4, 0.5) is 4.79 Å². The molecule has 1 rings (SSSR count). The van der Waals surface area contributed by atoms with E-state index < -0.39 is 0 Å². The summed E-state index contributed by atoms with van der Waals surface area (Å²) in [4.78, 5) is 25.0. The van der Waals surface area contributed by atoms with Crippen molar-refractivity contribution in [2.24, 2.45) is 5.92 Å². The van der Waals surface area contributed by atoms with Crippen LogP contribution in [-0.4, -0.2) is 29.4 Å². The standard InChI is InChI=1S/C13H24N2O2/c1-4-5-6-7-8-15-12(16)11(9-10(2)3)14-13(15)17/h10-11H,4-9H2,1-3H3,(H,14,17). The Kier molecular flexibility index (Phi) is 5.45. The van der Waals surface area contributed by atoms with Crippen LogP contribution in [0, 0.1) is 5.92 Å². The maximum absolute atomic E-state index is 12.0. The summed E-state index contributed by atoms with van der Waals surface area (Å²) in [5.74, 6) is 0.379. The average molecular weight is 240 g/mol. The van der Waals surface area contributed by atoms with E-state index in [4.69, 9.17) is 0 Å². The monoisotopic (exact) mass is 240 g/mol. The first-order valence-electron chi connectivity index (χ1n) is 6.68. The van der Waals surface area contributed by atoms with Crippen molar-refractivity contribution in [2.45, 2.75) is 58.9 Å². The van der Waals surface area contributed by atoms with Crippen molar-refractivity contribution in [3.8, 4) is 0 Å². The molecule has 0 saturated carbocycles. The molecule has 4 nitrogen and oxygen atoms in total. The number of hydrogen-bond donors (Lipinski definition) is 1. The van der Waals surface area contributed by atoms with E-state index in [0.717, 1.165) is 25.7 Å². The Hall–Kier alpha value is -1.06. The maximum Gasteiger partial charge on any atom is 0.324 e. The van der Waals surface area contributed by atoms with Crippen LogP contribution in [0.15, 0.2) is 0 Å². The minimum absolute atomic E-state index is 0.0415. The van der Waals surface area contributed by atoms with Gasteiger partial charge in [-0.15, -0.1) is 0 Å². The third kappa shape index (κ3) is 4.02. The number of rotatable bonds is 7. The second-order valence-electron chi connectivity index (χ2n) is 5.18. The van der Waals surface area contributed by atoms with E-state index >= 15 is 0 Å². The zero-order chi connectivity index (χ0) is 12.8. The Morgan fingerprint density at radius 2 is 1.94 bits per heavy atom. The first-order valence-corrected chi connectivity index (χ1v) is 6.68. The van der Waals surface area contributed by atoms with Gasteiger partial charge in [-0.2, -0.15) is 0 Å². The molecule has 1 aliphatic heterocycles. The first-order chi connectivity index (χ1) is 8.06. The molecule has 1 atom stereocenters. The van der Waals surface area contributed by atoms with Crippen molar-refractivity contribution in [1.29, 1.82) is 0 Å². The average Bonchev–Trinajstić information content (AvgIpc) is 2.50. The van der Waals surface area contributed by atoms with Crippen LogP contribution in [0.3, 0.4) is 0 Å². The Morgan fingerprint density at radius 3 is 2.53 bits per heavy atom. The molecule has 0 aromatic carbocycles. The molecule has 0 radical (unpaired) electrons. The second kappa shape index (κ2) is 6.62. The number of unbranched alkanes of at least 4 members (excludes halogenated alkanes) is 3. The number of amides is 3. The van der Waals surface area contributed by atoms with Gasteiger partial charge in [0.2, 0.25) is 0 Å². The fourth-order valence-corrected chi connectivity index (χ4v) is 2.12. The minimum Gasteiger partial charge on any atom is -0.326 e. The Bertz CT molecular complexity index is 277. The SMILES string of the molecule is CCCCCCN1C(=O)NC(CC(C)C)C1=O. The molecule has 1 unspecified atom stereocenters. The zero-order valence-electron chi connectivity index (χ0n) is 11.2. The second-order valence-corrected chi connectivity index (χ2v) is 5.18. The summed E-state index contributed by atoms with van der Waals surface area (Å²) in [6, 6.07) is -0.508. The van der Waals surface area contributed by atoms with Gasteiger partial charge in [0, 0.05) is 6.54 Å². The quantitative estimate of drug-likeness (QED) is 0.549. The molecule has 0 spiro atoms. The third-order valence-corrected chi connectivity index (χ3v) is 3.05. The number of urea groups is 1. The van der Waals surface area contributed by atoms with Crippen molar-refractivity contribution in [3.63, 3.8) is 0 Å². The number of carbonyl (C=O) groups is 2. The van der Waals surface area contributed by atoms with Crippen LogP contribution < -0.4 is 5.32 Å². The van der Waals surface area contributed by atoms with Crippen molar-refractivity contribution in [3.05, 3.63) is 0 Å². The summed E-state index contributed by atoms with van der Waals surface area (Å²) in [5.41, 5.74) is 0. The number of nitrogens with one attached hydrogen (secondary N) is 1. The molecule has 0 aliphatic carbocycles. The topological polar surface area (TPSA) is 49.4 Å². The van der Waals surface area contributed by atoms with Gasteiger partial charge in [-0.05, 0) is 18.8 Å². The van der Waals surface area contributed by atoms with Crippen LogP contribution in [-0.2, 0) is 4.79 Å². The number of hydrogen-bond acceptors (Lipinski definition) is 2. The molecular weight excluding hydrogens is 216 g/mol. The molecule has 0 aromatic rings. The van der Waals surface area contributed by atoms with Crippen molar-refractivity contribution >= 4 is 11.9 Å². The number of carbonyl (C=O) groups excluding carboxylic acids is 2. The summed E-state index contributed by atoms with van der Waals surface area (Å²) in [5, 5.41) is 2.76. The first kappa shape index (κ1) is 14.0. The minimum atomic E-state index is -0.298. The summed E-state index contributed by atoms with van der Waals surface area (Å²) in [6.07, 6.45) is 5.06. The Labute approximate surface area is 104 Å². The van der Waals surface area contributed by atoms with E-state index in [-0.39, 0.29) is 18.0 Å². The molecule has 1 fully saturated rings. The van der Waals surface area contributed by atoms with Gasteiger partial charge < -0.3 is 5.32 Å². The molecule has 1 N–H and O–H groups in total. The predicted octanol–water partition coefficient (Wildman–Crippen LogP) is 2.53. The molecule has 0 bridgehead atoms. The highest BCUT2D eigenvalue weighted by Gasteiger charge is 2.37. The highest BCUT2D eigenvalue weighted by Crippen LogP contribution is 2.15. The maximum atomic E-state index is 12.0. The van der Waals surface area contributed by atoms with Gasteiger partial charge in [0.1, 0.15) is 6.04 Å². The molecule has 4 heteroatoms. The summed E-state index contributed by atoms with van der Waals surface area (Å²) in [6.45, 7) is 6.83. The van der Waals surface area contributed by atoms with Gasteiger partial charge in [0.15, 0.2) is 0 Å². The van der Waals surface area contributed by atoms with Gasteiger partial charge in [-0.3, -0.25) is 9.69 Å². The van der Waals surface area contributed by atoms with E-state index in [9.17, 15) is 9.59 Å². The predicted molar refractivity (Wildman–Crippen MR) is 67.6 cm³/mol. The fraction of sp³-hybridized carbons (Fsp3) is 0.846. The largest absolute Gasteiger partial charge is 0.326 e. The van der Waals surface area contributed by atoms with Gasteiger partial charge in [-0.25, -0.2) is 4.79 Å². The van der Waals surface area contributed by atoms with Gasteiger partial charge in [0.25, 0.3) is 5.91 Å². The van der Waals surface area contributed by atoms with Crippen molar-refractivity contribution in [1.82, 2.24) is 10.2 Å². The Balaban J connectivity index is 2.40. The van der Waals surface area contributed by atoms with Gasteiger partial charge in [0.05, 0.1) is 0 Å². The Morgan fingerprint density at radius 1 is 1.24 bits per heavy atom. The smallest absolute Gasteiger partial charge is 0.324 e. The van der Waals surface area contributed by atoms with Crippen LogP contribution in [0.25, 0.3) is 0 Å². The summed E-state index contributed by atoms with van der Waals surface area (Å²) in [7, 11) is 0. The molecular formula is C13H24N2O2. The zero-order valence-corrected chi connectivity index (χ0v) is 11.2. The lowest BCUT2D eigenvalue weighted by atomic mass is 10.0. The lowest BCUT2D eigenvalue weighted by Crippen LogP contribution is -2.32. The van der Waals surface area contributed by atoms with Crippen LogP contribution in [0.1, 0.15) is 52.9 Å². The highest BCUT2D eigenvalue weighted by atomic mass is 16.2. The molecule has 1 saturated heterocycles. The number of nitrogens with zero attached hydrogens (tertiary/aromatic N) is 1. The lowest BCUT2D eigenvalue weighted by molar-refractivity contribution is -0.127. The molecule has 98 valence electrons. The van der Waals surface area contributed by atoms with E-state index in [2.05, 4.69) is 26.1 Å². The number of imide groups is 1. The van der Waals surface area contributed by atoms with E-state index in [1.165, 1.54) is 11.3 Å². The van der Waals surface area contributed by atoms with Crippen LogP contribution >= 0.6 is 0 Å². The molecule has 17 heavy (non-hydrogen) atoms. The van der Waals surface area contributed by atoms with Crippen molar-refractivity contribution in [2.75, 3.05) is 6.54 Å². The van der Waals surface area contributed by atoms with Crippen LogP contribution in [0.5, 0.6) is 0 Å². The molecule has 1 aliphatic rings. The van der Waals surface area contributed by atoms with E-state index in [0.29, 0.717) is 12.5 Å². The molecule has 1 heterocycles. The van der Waals surface area contributed by atoms with Gasteiger partial charge in [-0.1, -0.05) is 40.0 Å². The van der Waals surface area contributed by atoms with E-state index in [1.54, 1.807) is 0 Å². The van der Waals surface area contributed by atoms with Crippen molar-refractivity contribution < 1.29 is 9.59 Å². The molecule has 0 aromatic heterocycles.